The highest BCUT2D eigenvalue weighted by molar-refractivity contribution is 5.96. The molecule has 4 aliphatic rings. The van der Waals surface area contributed by atoms with Gasteiger partial charge in [0.25, 0.3) is 0 Å². The minimum atomic E-state index is -0.0619. The zero-order valence-electron chi connectivity index (χ0n) is 15.9. The van der Waals surface area contributed by atoms with E-state index in [1.807, 2.05) is 0 Å². The van der Waals surface area contributed by atoms with Crippen LogP contribution in [0.5, 0.6) is 0 Å². The molecule has 0 amide bonds. The summed E-state index contributed by atoms with van der Waals surface area (Å²) in [7, 11) is 0. The van der Waals surface area contributed by atoms with Gasteiger partial charge >= 0.3 is 0 Å². The number of fused-ring (bicyclic) bond motifs is 5. The lowest BCUT2D eigenvalue weighted by atomic mass is 9.44. The molecule has 2 heteroatoms. The number of carbonyl (C=O) groups excluding carboxylic acids is 1. The first kappa shape index (κ1) is 16.8. The molecule has 134 valence electrons. The van der Waals surface area contributed by atoms with Gasteiger partial charge in [0.15, 0.2) is 5.78 Å². The van der Waals surface area contributed by atoms with E-state index in [-0.39, 0.29) is 11.5 Å². The summed E-state index contributed by atoms with van der Waals surface area (Å²) in [5, 5.41) is 10.1. The second kappa shape index (κ2) is 5.43. The zero-order chi connectivity index (χ0) is 17.3. The first-order valence-corrected chi connectivity index (χ1v) is 10.2. The molecule has 0 aliphatic heterocycles. The molecule has 0 spiro atoms. The maximum absolute atomic E-state index is 12.3. The van der Waals surface area contributed by atoms with Crippen LogP contribution in [0.3, 0.4) is 0 Å². The Morgan fingerprint density at radius 3 is 2.54 bits per heavy atom. The highest BCUT2D eigenvalue weighted by Crippen LogP contribution is 2.67. The fourth-order valence-corrected chi connectivity index (χ4v) is 7.86. The Bertz CT molecular complexity index is 591. The Kier molecular flexibility index (Phi) is 3.81. The Hall–Kier alpha value is -0.630. The Balaban J connectivity index is 1.65. The summed E-state index contributed by atoms with van der Waals surface area (Å²) in [5.41, 5.74) is 3.12. The van der Waals surface area contributed by atoms with Crippen LogP contribution in [0.1, 0.15) is 79.1 Å². The van der Waals surface area contributed by atoms with Crippen LogP contribution < -0.4 is 0 Å². The van der Waals surface area contributed by atoms with Gasteiger partial charge in [-0.3, -0.25) is 4.79 Å². The molecular formula is C22H34O2. The first-order chi connectivity index (χ1) is 11.3. The quantitative estimate of drug-likeness (QED) is 0.742. The molecule has 3 saturated carbocycles. The summed E-state index contributed by atoms with van der Waals surface area (Å²) in [4.78, 5) is 12.3. The van der Waals surface area contributed by atoms with Gasteiger partial charge in [-0.05, 0) is 105 Å². The van der Waals surface area contributed by atoms with E-state index in [9.17, 15) is 9.90 Å². The zero-order valence-corrected chi connectivity index (χ0v) is 15.9. The fraction of sp³-hybridized carbons (Fsp3) is 0.864. The van der Waals surface area contributed by atoms with Crippen molar-refractivity contribution in [3.05, 3.63) is 11.1 Å². The van der Waals surface area contributed by atoms with E-state index < -0.39 is 0 Å². The summed E-state index contributed by atoms with van der Waals surface area (Å²) in [6, 6.07) is 0. The van der Waals surface area contributed by atoms with E-state index in [0.717, 1.165) is 37.0 Å². The number of ketones is 1. The van der Waals surface area contributed by atoms with Crippen LogP contribution in [-0.4, -0.2) is 17.0 Å². The fourth-order valence-electron chi connectivity index (χ4n) is 7.86. The van der Waals surface area contributed by atoms with E-state index in [0.29, 0.717) is 17.1 Å². The predicted octanol–water partition coefficient (Wildman–Crippen LogP) is 4.91. The Morgan fingerprint density at radius 2 is 1.83 bits per heavy atom. The van der Waals surface area contributed by atoms with Gasteiger partial charge < -0.3 is 5.11 Å². The molecule has 0 unspecified atom stereocenters. The molecule has 0 aromatic carbocycles. The standard InChI is InChI=1S/C22H34O2/c1-13-11-19-17-6-5-15-12-16(24)7-9-21(15,3)18(17)8-10-22(19,4)20(13)14(2)23/h15-19,24H,5-12H2,1-4H3/t15-,16-,17-,18+,19+,21-,22+/m0/s1. The van der Waals surface area contributed by atoms with Gasteiger partial charge in [0, 0.05) is 0 Å². The summed E-state index contributed by atoms with van der Waals surface area (Å²) in [6.45, 7) is 8.91. The van der Waals surface area contributed by atoms with Gasteiger partial charge in [0.1, 0.15) is 0 Å². The number of carbonyl (C=O) groups is 1. The van der Waals surface area contributed by atoms with Crippen LogP contribution >= 0.6 is 0 Å². The third kappa shape index (κ3) is 2.14. The molecule has 3 fully saturated rings. The van der Waals surface area contributed by atoms with E-state index in [4.69, 9.17) is 0 Å². The number of rotatable bonds is 1. The molecule has 0 aromatic rings. The lowest BCUT2D eigenvalue weighted by Crippen LogP contribution is -2.53. The minimum absolute atomic E-state index is 0.0619. The third-order valence-corrected chi connectivity index (χ3v) is 8.90. The van der Waals surface area contributed by atoms with Crippen molar-refractivity contribution >= 4 is 5.78 Å². The van der Waals surface area contributed by atoms with Crippen molar-refractivity contribution in [3.8, 4) is 0 Å². The Labute approximate surface area is 147 Å². The van der Waals surface area contributed by atoms with Crippen LogP contribution in [0.4, 0.5) is 0 Å². The first-order valence-electron chi connectivity index (χ1n) is 10.2. The lowest BCUT2D eigenvalue weighted by molar-refractivity contribution is -0.124. The molecule has 0 radical (unpaired) electrons. The molecule has 0 heterocycles. The number of Topliss-reactive ketones (excluding diaryl/α,β-unsaturated/α-hetero) is 1. The molecule has 0 saturated heterocycles. The SMILES string of the molecule is CC(=O)C1=C(C)C[C@@H]2[C@H]3CC[C@H]4C[C@@H](O)CC[C@]4(C)[C@@H]3CC[C@@]12C. The maximum atomic E-state index is 12.3. The topological polar surface area (TPSA) is 37.3 Å². The molecular weight excluding hydrogens is 296 g/mol. The van der Waals surface area contributed by atoms with E-state index in [2.05, 4.69) is 20.8 Å². The number of aliphatic hydroxyl groups is 1. The molecule has 4 aliphatic carbocycles. The van der Waals surface area contributed by atoms with E-state index in [1.54, 1.807) is 6.92 Å². The third-order valence-electron chi connectivity index (χ3n) is 8.90. The largest absolute Gasteiger partial charge is 0.393 e. The van der Waals surface area contributed by atoms with Crippen molar-refractivity contribution in [1.29, 1.82) is 0 Å². The van der Waals surface area contributed by atoms with Crippen LogP contribution in [0.2, 0.25) is 0 Å². The van der Waals surface area contributed by atoms with Crippen LogP contribution in [0, 0.1) is 34.5 Å². The van der Waals surface area contributed by atoms with Crippen molar-refractivity contribution in [2.45, 2.75) is 85.2 Å². The smallest absolute Gasteiger partial charge is 0.156 e. The predicted molar refractivity (Wildman–Crippen MR) is 96.5 cm³/mol. The summed E-state index contributed by atoms with van der Waals surface area (Å²) in [5.74, 6) is 3.30. The van der Waals surface area contributed by atoms with Crippen molar-refractivity contribution in [2.24, 2.45) is 34.5 Å². The van der Waals surface area contributed by atoms with Crippen LogP contribution in [-0.2, 0) is 4.79 Å². The van der Waals surface area contributed by atoms with Crippen LogP contribution in [0.25, 0.3) is 0 Å². The van der Waals surface area contributed by atoms with Crippen molar-refractivity contribution in [3.63, 3.8) is 0 Å². The highest BCUT2D eigenvalue weighted by Gasteiger charge is 2.59. The number of hydrogen-bond donors (Lipinski definition) is 1. The number of allylic oxidation sites excluding steroid dienone is 2. The average Bonchev–Trinajstić information content (AvgIpc) is 2.78. The maximum Gasteiger partial charge on any atom is 0.156 e. The van der Waals surface area contributed by atoms with Gasteiger partial charge in [-0.1, -0.05) is 19.4 Å². The minimum Gasteiger partial charge on any atom is -0.393 e. The lowest BCUT2D eigenvalue weighted by Gasteiger charge is -2.60. The normalized spacial score (nSPS) is 51.0. The summed E-state index contributed by atoms with van der Waals surface area (Å²) < 4.78 is 0. The summed E-state index contributed by atoms with van der Waals surface area (Å²) >= 11 is 0. The number of hydrogen-bond acceptors (Lipinski definition) is 2. The van der Waals surface area contributed by atoms with Gasteiger partial charge in [-0.25, -0.2) is 0 Å². The van der Waals surface area contributed by atoms with Gasteiger partial charge in [-0.2, -0.15) is 0 Å². The molecule has 1 N–H and O–H groups in total. The highest BCUT2D eigenvalue weighted by atomic mass is 16.3. The molecule has 2 nitrogen and oxygen atoms in total. The van der Waals surface area contributed by atoms with Crippen molar-refractivity contribution in [2.75, 3.05) is 0 Å². The number of aliphatic hydroxyl groups excluding tert-OH is 1. The molecule has 4 rings (SSSR count). The second-order valence-corrected chi connectivity index (χ2v) is 9.96. The molecule has 7 atom stereocenters. The summed E-state index contributed by atoms with van der Waals surface area (Å²) in [6.07, 6.45) is 9.39. The Morgan fingerprint density at radius 1 is 1.08 bits per heavy atom. The van der Waals surface area contributed by atoms with Gasteiger partial charge in [0.05, 0.1) is 6.10 Å². The van der Waals surface area contributed by atoms with Crippen molar-refractivity contribution in [1.82, 2.24) is 0 Å². The van der Waals surface area contributed by atoms with E-state index in [1.165, 1.54) is 43.3 Å². The second-order valence-electron chi connectivity index (χ2n) is 9.96. The molecule has 0 aromatic heterocycles. The average molecular weight is 331 g/mol. The van der Waals surface area contributed by atoms with Gasteiger partial charge in [-0.15, -0.1) is 0 Å². The van der Waals surface area contributed by atoms with E-state index >= 15 is 0 Å². The monoisotopic (exact) mass is 330 g/mol. The molecule has 24 heavy (non-hydrogen) atoms. The van der Waals surface area contributed by atoms with Gasteiger partial charge in [0.2, 0.25) is 0 Å². The van der Waals surface area contributed by atoms with Crippen LogP contribution in [0.15, 0.2) is 11.1 Å². The van der Waals surface area contributed by atoms with Crippen molar-refractivity contribution < 1.29 is 9.90 Å². The molecule has 0 bridgehead atoms.